The second-order valence-electron chi connectivity index (χ2n) is 4.33. The van der Waals surface area contributed by atoms with Crippen LogP contribution in [0, 0.1) is 5.82 Å². The molecule has 2 N–H and O–H groups in total. The quantitative estimate of drug-likeness (QED) is 0.611. The maximum absolute atomic E-state index is 13.2. The number of hydrogen-bond acceptors (Lipinski definition) is 3. The summed E-state index contributed by atoms with van der Waals surface area (Å²) in [5.74, 6) is -1.42. The van der Waals surface area contributed by atoms with Crippen molar-refractivity contribution in [2.45, 2.75) is 26.4 Å². The number of rotatable bonds is 1. The maximum Gasteiger partial charge on any atom is 0.342 e. The van der Waals surface area contributed by atoms with E-state index >= 15 is 0 Å². The summed E-state index contributed by atoms with van der Waals surface area (Å²) >= 11 is 5.67. The van der Waals surface area contributed by atoms with E-state index in [4.69, 9.17) is 22.1 Å². The minimum absolute atomic E-state index is 0.0978. The van der Waals surface area contributed by atoms with Crippen LogP contribution in [-0.4, -0.2) is 11.6 Å². The molecule has 0 unspecified atom stereocenters. The molecule has 0 aliphatic rings. The van der Waals surface area contributed by atoms with E-state index in [9.17, 15) is 9.18 Å². The van der Waals surface area contributed by atoms with Crippen LogP contribution in [0.15, 0.2) is 12.1 Å². The van der Waals surface area contributed by atoms with Crippen LogP contribution in [0.1, 0.15) is 31.1 Å². The molecule has 0 aliphatic carbocycles. The zero-order valence-electron chi connectivity index (χ0n) is 9.30. The van der Waals surface area contributed by atoms with E-state index in [0.717, 1.165) is 6.07 Å². The highest BCUT2D eigenvalue weighted by atomic mass is 35.5. The van der Waals surface area contributed by atoms with Crippen molar-refractivity contribution in [2.24, 2.45) is 0 Å². The molecule has 0 heterocycles. The van der Waals surface area contributed by atoms with Gasteiger partial charge >= 0.3 is 5.97 Å². The zero-order valence-corrected chi connectivity index (χ0v) is 10.1. The van der Waals surface area contributed by atoms with E-state index in [1.807, 2.05) is 0 Å². The number of carbonyl (C=O) groups excluding carboxylic acids is 1. The van der Waals surface area contributed by atoms with Crippen LogP contribution < -0.4 is 5.73 Å². The molecular weight excluding hydrogens is 233 g/mol. The molecule has 0 fully saturated rings. The van der Waals surface area contributed by atoms with Gasteiger partial charge in [0.1, 0.15) is 17.0 Å². The lowest BCUT2D eigenvalue weighted by atomic mass is 10.1. The van der Waals surface area contributed by atoms with E-state index < -0.39 is 17.4 Å². The van der Waals surface area contributed by atoms with E-state index in [0.29, 0.717) is 0 Å². The summed E-state index contributed by atoms with van der Waals surface area (Å²) in [6, 6.07) is 2.38. The number of benzene rings is 1. The number of esters is 1. The van der Waals surface area contributed by atoms with Crippen molar-refractivity contribution < 1.29 is 13.9 Å². The fraction of sp³-hybridized carbons (Fsp3) is 0.364. The lowest BCUT2D eigenvalue weighted by Gasteiger charge is -2.20. The minimum atomic E-state index is -0.727. The third kappa shape index (κ3) is 2.85. The normalized spacial score (nSPS) is 11.3. The van der Waals surface area contributed by atoms with Gasteiger partial charge in [-0.25, -0.2) is 9.18 Å². The SMILES string of the molecule is CC(C)(C)OC(=O)c1c(N)ccc(F)c1Cl. The van der Waals surface area contributed by atoms with Gasteiger partial charge in [-0.3, -0.25) is 0 Å². The summed E-state index contributed by atoms with van der Waals surface area (Å²) < 4.78 is 18.2. The average Bonchev–Trinajstić information content (AvgIpc) is 2.09. The molecule has 1 aromatic rings. The zero-order chi connectivity index (χ0) is 12.5. The number of hydrogen-bond donors (Lipinski definition) is 1. The van der Waals surface area contributed by atoms with Crippen LogP contribution in [-0.2, 0) is 4.74 Å². The first kappa shape index (κ1) is 12.8. The van der Waals surface area contributed by atoms with E-state index in [1.165, 1.54) is 6.07 Å². The number of ether oxygens (including phenoxy) is 1. The van der Waals surface area contributed by atoms with Crippen LogP contribution in [0.4, 0.5) is 10.1 Å². The largest absolute Gasteiger partial charge is 0.456 e. The van der Waals surface area contributed by atoms with Crippen LogP contribution in [0.2, 0.25) is 5.02 Å². The standard InChI is InChI=1S/C11H13ClFNO2/c1-11(2,3)16-10(15)8-7(14)5-4-6(13)9(8)12/h4-5H,14H2,1-3H3. The van der Waals surface area contributed by atoms with Gasteiger partial charge in [-0.15, -0.1) is 0 Å². The fourth-order valence-corrected chi connectivity index (χ4v) is 1.35. The number of nitrogens with two attached hydrogens (primary N) is 1. The third-order valence-corrected chi connectivity index (χ3v) is 2.10. The van der Waals surface area contributed by atoms with Gasteiger partial charge in [0, 0.05) is 5.69 Å². The first-order chi connectivity index (χ1) is 7.22. The molecule has 0 atom stereocenters. The van der Waals surface area contributed by atoms with Crippen molar-refractivity contribution in [1.82, 2.24) is 0 Å². The summed E-state index contributed by atoms with van der Waals surface area (Å²) in [4.78, 5) is 11.7. The van der Waals surface area contributed by atoms with Gasteiger partial charge in [-0.2, -0.15) is 0 Å². The molecular formula is C11H13ClFNO2. The summed E-state index contributed by atoms with van der Waals surface area (Å²) in [5, 5.41) is -0.311. The molecule has 1 rings (SSSR count). The minimum Gasteiger partial charge on any atom is -0.456 e. The third-order valence-electron chi connectivity index (χ3n) is 1.73. The average molecular weight is 246 g/mol. The highest BCUT2D eigenvalue weighted by Gasteiger charge is 2.23. The Labute approximate surface area is 98.3 Å². The Hall–Kier alpha value is -1.29. The van der Waals surface area contributed by atoms with Gasteiger partial charge in [-0.05, 0) is 32.9 Å². The number of anilines is 1. The van der Waals surface area contributed by atoms with Gasteiger partial charge in [-0.1, -0.05) is 11.6 Å². The highest BCUT2D eigenvalue weighted by Crippen LogP contribution is 2.27. The van der Waals surface area contributed by atoms with Crippen LogP contribution in [0.3, 0.4) is 0 Å². The van der Waals surface area contributed by atoms with Crippen molar-refractivity contribution in [3.63, 3.8) is 0 Å². The molecule has 3 nitrogen and oxygen atoms in total. The molecule has 0 radical (unpaired) electrons. The Bertz CT molecular complexity index is 427. The molecule has 0 bridgehead atoms. The summed E-state index contributed by atoms with van der Waals surface area (Å²) in [5.41, 5.74) is 4.85. The highest BCUT2D eigenvalue weighted by molar-refractivity contribution is 6.34. The molecule has 0 aromatic heterocycles. The molecule has 5 heteroatoms. The van der Waals surface area contributed by atoms with Gasteiger partial charge in [0.05, 0.1) is 5.02 Å². The Morgan fingerprint density at radius 1 is 1.44 bits per heavy atom. The van der Waals surface area contributed by atoms with Crippen molar-refractivity contribution in [3.05, 3.63) is 28.5 Å². The predicted octanol–water partition coefficient (Wildman–Crippen LogP) is 3.02. The fourth-order valence-electron chi connectivity index (χ4n) is 1.10. The molecule has 0 spiro atoms. The maximum atomic E-state index is 13.2. The lowest BCUT2D eigenvalue weighted by molar-refractivity contribution is 0.00705. The molecule has 16 heavy (non-hydrogen) atoms. The van der Waals surface area contributed by atoms with Gasteiger partial charge in [0.15, 0.2) is 0 Å². The summed E-state index contributed by atoms with van der Waals surface area (Å²) in [6.45, 7) is 5.11. The Balaban J connectivity index is 3.14. The first-order valence-electron chi connectivity index (χ1n) is 4.69. The molecule has 88 valence electrons. The Morgan fingerprint density at radius 2 is 2.00 bits per heavy atom. The summed E-state index contributed by atoms with van der Waals surface area (Å²) in [6.07, 6.45) is 0. The van der Waals surface area contributed by atoms with Gasteiger partial charge in [0.25, 0.3) is 0 Å². The van der Waals surface area contributed by atoms with E-state index in [-0.39, 0.29) is 16.3 Å². The van der Waals surface area contributed by atoms with Crippen molar-refractivity contribution in [1.29, 1.82) is 0 Å². The van der Waals surface area contributed by atoms with Gasteiger partial charge < -0.3 is 10.5 Å². The number of nitrogen functional groups attached to an aromatic ring is 1. The van der Waals surface area contributed by atoms with Crippen LogP contribution in [0.5, 0.6) is 0 Å². The number of carbonyl (C=O) groups is 1. The molecule has 0 aliphatic heterocycles. The van der Waals surface area contributed by atoms with E-state index in [2.05, 4.69) is 0 Å². The second-order valence-corrected chi connectivity index (χ2v) is 4.71. The van der Waals surface area contributed by atoms with Crippen LogP contribution in [0.25, 0.3) is 0 Å². The Morgan fingerprint density at radius 3 is 2.50 bits per heavy atom. The summed E-state index contributed by atoms with van der Waals surface area (Å²) in [7, 11) is 0. The van der Waals surface area contributed by atoms with Crippen molar-refractivity contribution >= 4 is 23.3 Å². The molecule has 0 amide bonds. The Kier molecular flexibility index (Phi) is 3.43. The predicted molar refractivity (Wildman–Crippen MR) is 61.0 cm³/mol. The molecule has 0 saturated carbocycles. The smallest absolute Gasteiger partial charge is 0.342 e. The van der Waals surface area contributed by atoms with Crippen molar-refractivity contribution in [2.75, 3.05) is 5.73 Å². The monoisotopic (exact) mass is 245 g/mol. The topological polar surface area (TPSA) is 52.3 Å². The molecule has 1 aromatic carbocycles. The second kappa shape index (κ2) is 4.29. The lowest BCUT2D eigenvalue weighted by Crippen LogP contribution is -2.24. The van der Waals surface area contributed by atoms with Crippen LogP contribution >= 0.6 is 11.6 Å². The van der Waals surface area contributed by atoms with Crippen molar-refractivity contribution in [3.8, 4) is 0 Å². The van der Waals surface area contributed by atoms with E-state index in [1.54, 1.807) is 20.8 Å². The van der Waals surface area contributed by atoms with Gasteiger partial charge in [0.2, 0.25) is 0 Å². The molecule has 0 saturated heterocycles. The number of halogens is 2. The first-order valence-corrected chi connectivity index (χ1v) is 5.07.